The van der Waals surface area contributed by atoms with Gasteiger partial charge in [-0.2, -0.15) is 0 Å². The van der Waals surface area contributed by atoms with E-state index in [1.165, 1.54) is 0 Å². The van der Waals surface area contributed by atoms with Crippen molar-refractivity contribution in [2.45, 2.75) is 32.3 Å². The van der Waals surface area contributed by atoms with E-state index < -0.39 is 5.60 Å². The van der Waals surface area contributed by atoms with Crippen molar-refractivity contribution in [3.05, 3.63) is 58.6 Å². The van der Waals surface area contributed by atoms with Gasteiger partial charge in [-0.3, -0.25) is 4.79 Å². The van der Waals surface area contributed by atoms with E-state index in [2.05, 4.69) is 0 Å². The molecule has 3 nitrogen and oxygen atoms in total. The highest BCUT2D eigenvalue weighted by atomic mass is 35.5. The average Bonchev–Trinajstić information content (AvgIpc) is 2.47. The molecule has 120 valence electrons. The third-order valence-corrected chi connectivity index (χ3v) is 4.05. The Morgan fingerprint density at radius 1 is 1.17 bits per heavy atom. The summed E-state index contributed by atoms with van der Waals surface area (Å²) in [5.41, 5.74) is 1.23. The molecule has 1 aliphatic rings. The summed E-state index contributed by atoms with van der Waals surface area (Å²) in [6.07, 6.45) is 1.11. The van der Waals surface area contributed by atoms with E-state index in [1.54, 1.807) is 0 Å². The van der Waals surface area contributed by atoms with E-state index in [0.717, 1.165) is 17.0 Å². The fraction of sp³-hybridized carbons (Fsp3) is 0.316. The predicted octanol–water partition coefficient (Wildman–Crippen LogP) is 4.71. The van der Waals surface area contributed by atoms with Crippen LogP contribution in [0.4, 0.5) is 0 Å². The number of carbonyl (C=O) groups is 1. The van der Waals surface area contributed by atoms with Crippen LogP contribution in [0.1, 0.15) is 36.2 Å². The Morgan fingerprint density at radius 3 is 2.65 bits per heavy atom. The molecule has 2 aromatic carbocycles. The molecule has 0 aliphatic carbocycles. The quantitative estimate of drug-likeness (QED) is 0.814. The zero-order valence-corrected chi connectivity index (χ0v) is 14.0. The first kappa shape index (κ1) is 15.9. The number of fused-ring (bicyclic) bond motifs is 1. The number of Topliss-reactive ketones (excluding diaryl/α,β-unsaturated/α-hetero) is 1. The molecule has 1 aliphatic heterocycles. The topological polar surface area (TPSA) is 35.5 Å². The number of ketones is 1. The van der Waals surface area contributed by atoms with Crippen LogP contribution in [-0.2, 0) is 6.42 Å². The first-order valence-corrected chi connectivity index (χ1v) is 8.05. The summed E-state index contributed by atoms with van der Waals surface area (Å²) >= 11 is 5.88. The van der Waals surface area contributed by atoms with E-state index in [4.69, 9.17) is 21.1 Å². The predicted molar refractivity (Wildman–Crippen MR) is 90.7 cm³/mol. The fourth-order valence-electron chi connectivity index (χ4n) is 2.73. The molecule has 0 amide bonds. The Labute approximate surface area is 141 Å². The molecule has 0 radical (unpaired) electrons. The molecular formula is C19H19ClO3. The molecule has 1 heterocycles. The molecule has 0 atom stereocenters. The summed E-state index contributed by atoms with van der Waals surface area (Å²) in [7, 11) is 0. The van der Waals surface area contributed by atoms with E-state index in [1.807, 2.05) is 56.3 Å². The van der Waals surface area contributed by atoms with Crippen LogP contribution in [0, 0.1) is 0 Å². The number of hydrogen-bond donors (Lipinski definition) is 0. The minimum absolute atomic E-state index is 0.0679. The van der Waals surface area contributed by atoms with Gasteiger partial charge >= 0.3 is 0 Å². The molecule has 0 aromatic heterocycles. The summed E-state index contributed by atoms with van der Waals surface area (Å²) in [6.45, 7) is 4.33. The molecule has 0 N–H and O–H groups in total. The first-order chi connectivity index (χ1) is 10.9. The molecule has 0 unspecified atom stereocenters. The van der Waals surface area contributed by atoms with E-state index in [9.17, 15) is 4.79 Å². The second-order valence-electron chi connectivity index (χ2n) is 6.32. The average molecular weight is 331 g/mol. The number of hydrogen-bond acceptors (Lipinski definition) is 3. The summed E-state index contributed by atoms with van der Waals surface area (Å²) < 4.78 is 11.7. The van der Waals surface area contributed by atoms with Gasteiger partial charge in [-0.15, -0.1) is 0 Å². The molecular weight excluding hydrogens is 312 g/mol. The van der Waals surface area contributed by atoms with Gasteiger partial charge in [0.1, 0.15) is 22.7 Å². The van der Waals surface area contributed by atoms with Crippen molar-refractivity contribution >= 4 is 17.4 Å². The number of benzene rings is 2. The number of halogens is 1. The highest BCUT2D eigenvalue weighted by Gasteiger charge is 2.34. The Kier molecular flexibility index (Phi) is 4.31. The molecule has 23 heavy (non-hydrogen) atoms. The normalized spacial score (nSPS) is 15.7. The molecule has 2 aromatic rings. The van der Waals surface area contributed by atoms with Crippen LogP contribution in [0.2, 0.25) is 5.02 Å². The molecule has 3 rings (SSSR count). The van der Waals surface area contributed by atoms with Gasteiger partial charge in [0.05, 0.1) is 13.0 Å². The lowest BCUT2D eigenvalue weighted by Crippen LogP contribution is -2.36. The second kappa shape index (κ2) is 6.25. The first-order valence-electron chi connectivity index (χ1n) is 7.67. The zero-order chi connectivity index (χ0) is 16.4. The maximum atomic E-state index is 12.4. The van der Waals surface area contributed by atoms with Crippen LogP contribution in [0.25, 0.3) is 0 Å². The fourth-order valence-corrected chi connectivity index (χ4v) is 2.86. The lowest BCUT2D eigenvalue weighted by Gasteiger charge is -2.32. The smallest absolute Gasteiger partial charge is 0.174 e. The molecule has 0 saturated heterocycles. The van der Waals surface area contributed by atoms with Crippen LogP contribution in [0.5, 0.6) is 11.5 Å². The van der Waals surface area contributed by atoms with Gasteiger partial charge < -0.3 is 9.47 Å². The Morgan fingerprint density at radius 2 is 1.91 bits per heavy atom. The minimum atomic E-state index is -0.466. The molecule has 0 fully saturated rings. The van der Waals surface area contributed by atoms with Crippen molar-refractivity contribution in [2.24, 2.45) is 0 Å². The molecule has 0 spiro atoms. The van der Waals surface area contributed by atoms with Crippen molar-refractivity contribution in [1.82, 2.24) is 0 Å². The number of ether oxygens (including phenoxy) is 2. The van der Waals surface area contributed by atoms with Crippen molar-refractivity contribution in [3.8, 4) is 11.5 Å². The van der Waals surface area contributed by atoms with E-state index >= 15 is 0 Å². The molecule has 0 saturated carbocycles. The van der Waals surface area contributed by atoms with Gasteiger partial charge in [-0.1, -0.05) is 29.8 Å². The Hall–Kier alpha value is -2.00. The van der Waals surface area contributed by atoms with E-state index in [-0.39, 0.29) is 5.78 Å². The van der Waals surface area contributed by atoms with Crippen molar-refractivity contribution in [3.63, 3.8) is 0 Å². The summed E-state index contributed by atoms with van der Waals surface area (Å²) in [5, 5.41) is 0.720. The van der Waals surface area contributed by atoms with Gasteiger partial charge in [0.2, 0.25) is 0 Å². The van der Waals surface area contributed by atoms with Crippen molar-refractivity contribution < 1.29 is 14.3 Å². The lowest BCUT2D eigenvalue weighted by molar-refractivity contribution is 0.0612. The monoisotopic (exact) mass is 330 g/mol. The van der Waals surface area contributed by atoms with Crippen LogP contribution in [0.3, 0.4) is 0 Å². The van der Waals surface area contributed by atoms with Gasteiger partial charge in [-0.05, 0) is 43.7 Å². The summed E-state index contributed by atoms with van der Waals surface area (Å²) in [4.78, 5) is 12.4. The zero-order valence-electron chi connectivity index (χ0n) is 13.3. The van der Waals surface area contributed by atoms with Gasteiger partial charge in [0.15, 0.2) is 5.78 Å². The summed E-state index contributed by atoms with van der Waals surface area (Å²) in [5.74, 6) is 1.27. The van der Waals surface area contributed by atoms with Crippen LogP contribution in [0.15, 0.2) is 42.5 Å². The van der Waals surface area contributed by atoms with Crippen molar-refractivity contribution in [2.75, 3.05) is 6.61 Å². The molecule has 4 heteroatoms. The maximum Gasteiger partial charge on any atom is 0.174 e. The van der Waals surface area contributed by atoms with Crippen LogP contribution < -0.4 is 9.47 Å². The van der Waals surface area contributed by atoms with Gasteiger partial charge in [0.25, 0.3) is 0 Å². The Balaban J connectivity index is 1.72. The van der Waals surface area contributed by atoms with Crippen molar-refractivity contribution in [1.29, 1.82) is 0 Å². The second-order valence-corrected chi connectivity index (χ2v) is 6.75. The largest absolute Gasteiger partial charge is 0.492 e. The highest BCUT2D eigenvalue weighted by Crippen LogP contribution is 2.38. The third-order valence-electron chi connectivity index (χ3n) is 3.80. The Bertz CT molecular complexity index is 720. The van der Waals surface area contributed by atoms with Gasteiger partial charge in [0, 0.05) is 11.4 Å². The number of rotatable bonds is 4. The standard InChI is InChI=1S/C19H19ClO3/c1-19(2)12-15(21)18-16(4-3-5-17(18)23-19)22-11-10-13-6-8-14(20)9-7-13/h3-9H,10-12H2,1-2H3. The van der Waals surface area contributed by atoms with Crippen LogP contribution >= 0.6 is 11.6 Å². The maximum absolute atomic E-state index is 12.4. The summed E-state index contributed by atoms with van der Waals surface area (Å²) in [6, 6.07) is 13.2. The highest BCUT2D eigenvalue weighted by molar-refractivity contribution is 6.30. The minimum Gasteiger partial charge on any atom is -0.492 e. The third kappa shape index (κ3) is 3.67. The van der Waals surface area contributed by atoms with Crippen LogP contribution in [-0.4, -0.2) is 18.0 Å². The SMILES string of the molecule is CC1(C)CC(=O)c2c(OCCc3ccc(Cl)cc3)cccc2O1. The van der Waals surface area contributed by atoms with Gasteiger partial charge in [-0.25, -0.2) is 0 Å². The number of carbonyl (C=O) groups excluding carboxylic acids is 1. The molecule has 0 bridgehead atoms. The lowest BCUT2D eigenvalue weighted by atomic mass is 9.92. The van der Waals surface area contributed by atoms with E-state index in [0.29, 0.717) is 30.1 Å².